The first kappa shape index (κ1) is 21.4. The van der Waals surface area contributed by atoms with Crippen molar-refractivity contribution >= 4 is 33.2 Å². The molecule has 0 saturated carbocycles. The molecule has 0 bridgehead atoms. The molecule has 1 saturated heterocycles. The van der Waals surface area contributed by atoms with Crippen LogP contribution in [0.4, 0.5) is 10.1 Å². The van der Waals surface area contributed by atoms with E-state index >= 15 is 0 Å². The van der Waals surface area contributed by atoms with Gasteiger partial charge in [0.05, 0.1) is 15.6 Å². The highest BCUT2D eigenvalue weighted by Gasteiger charge is 2.39. The molecule has 2 aromatic carbocycles. The summed E-state index contributed by atoms with van der Waals surface area (Å²) in [7, 11) is -3.91. The van der Waals surface area contributed by atoms with Crippen molar-refractivity contribution in [3.8, 4) is 11.4 Å². The third kappa shape index (κ3) is 4.32. The zero-order valence-corrected chi connectivity index (χ0v) is 18.0. The van der Waals surface area contributed by atoms with Gasteiger partial charge in [0.1, 0.15) is 11.9 Å². The SMILES string of the molecule is CC(=O)Nc1ccc(S(=O)(=O)N2CCC[C@H]2c2nc(-c3ccc(F)cc3)no2)cc1Cl. The van der Waals surface area contributed by atoms with Crippen LogP contribution in [0.2, 0.25) is 5.02 Å². The summed E-state index contributed by atoms with van der Waals surface area (Å²) in [5.41, 5.74) is 0.885. The molecule has 162 valence electrons. The summed E-state index contributed by atoms with van der Waals surface area (Å²) < 4.78 is 46.3. The van der Waals surface area contributed by atoms with Gasteiger partial charge >= 0.3 is 0 Å². The lowest BCUT2D eigenvalue weighted by molar-refractivity contribution is -0.114. The van der Waals surface area contributed by atoms with Crippen molar-refractivity contribution in [2.45, 2.75) is 30.7 Å². The Balaban J connectivity index is 1.61. The van der Waals surface area contributed by atoms with E-state index in [0.29, 0.717) is 24.1 Å². The monoisotopic (exact) mass is 464 g/mol. The van der Waals surface area contributed by atoms with Crippen LogP contribution in [0.3, 0.4) is 0 Å². The highest BCUT2D eigenvalue weighted by atomic mass is 35.5. The van der Waals surface area contributed by atoms with Gasteiger partial charge in [0.2, 0.25) is 27.6 Å². The maximum absolute atomic E-state index is 13.3. The van der Waals surface area contributed by atoms with E-state index in [9.17, 15) is 17.6 Å². The molecule has 0 unspecified atom stereocenters. The van der Waals surface area contributed by atoms with Crippen LogP contribution in [0.5, 0.6) is 0 Å². The minimum absolute atomic E-state index is 0.00299. The van der Waals surface area contributed by atoms with E-state index in [1.165, 1.54) is 53.7 Å². The van der Waals surface area contributed by atoms with Crippen LogP contribution in [0, 0.1) is 5.82 Å². The van der Waals surface area contributed by atoms with Gasteiger partial charge in [-0.05, 0) is 55.3 Å². The summed E-state index contributed by atoms with van der Waals surface area (Å²) in [5.74, 6) is -0.280. The average molecular weight is 465 g/mol. The lowest BCUT2D eigenvalue weighted by Gasteiger charge is -2.21. The number of rotatable bonds is 5. The molecular weight excluding hydrogens is 447 g/mol. The van der Waals surface area contributed by atoms with Gasteiger partial charge in [0, 0.05) is 19.0 Å². The number of nitrogens with one attached hydrogen (secondary N) is 1. The molecule has 0 spiro atoms. The Hall–Kier alpha value is -2.82. The maximum Gasteiger partial charge on any atom is 0.245 e. The fourth-order valence-electron chi connectivity index (χ4n) is 3.44. The number of hydrogen-bond acceptors (Lipinski definition) is 6. The predicted molar refractivity (Wildman–Crippen MR) is 111 cm³/mol. The Morgan fingerprint density at radius 1 is 1.26 bits per heavy atom. The first-order valence-corrected chi connectivity index (χ1v) is 11.3. The summed E-state index contributed by atoms with van der Waals surface area (Å²) in [6, 6.07) is 9.12. The van der Waals surface area contributed by atoms with Crippen molar-refractivity contribution < 1.29 is 22.1 Å². The molecule has 8 nitrogen and oxygen atoms in total. The van der Waals surface area contributed by atoms with E-state index < -0.39 is 16.1 Å². The van der Waals surface area contributed by atoms with Crippen LogP contribution >= 0.6 is 11.6 Å². The predicted octanol–water partition coefficient (Wildman–Crippen LogP) is 4.01. The number of hydrogen-bond donors (Lipinski definition) is 1. The number of aromatic nitrogens is 2. The van der Waals surface area contributed by atoms with Crippen LogP contribution in [0.15, 0.2) is 51.9 Å². The standard InChI is InChI=1S/C20H18ClFN4O4S/c1-12(27)23-17-9-8-15(11-16(17)21)31(28,29)26-10-2-3-18(26)20-24-19(25-30-20)13-4-6-14(22)7-5-13/h4-9,11,18H,2-3,10H2,1H3,(H,23,27)/t18-/m0/s1. The van der Waals surface area contributed by atoms with Crippen molar-refractivity contribution in [1.82, 2.24) is 14.4 Å². The molecule has 11 heteroatoms. The number of anilines is 1. The number of amides is 1. The molecule has 1 N–H and O–H groups in total. The lowest BCUT2D eigenvalue weighted by Crippen LogP contribution is -2.31. The second-order valence-electron chi connectivity index (χ2n) is 7.06. The third-order valence-electron chi connectivity index (χ3n) is 4.89. The van der Waals surface area contributed by atoms with Gasteiger partial charge in [-0.15, -0.1) is 0 Å². The Kier molecular flexibility index (Phi) is 5.78. The first-order valence-electron chi connectivity index (χ1n) is 9.44. The van der Waals surface area contributed by atoms with Crippen LogP contribution in [0.1, 0.15) is 31.7 Å². The summed E-state index contributed by atoms with van der Waals surface area (Å²) in [5, 5.41) is 6.57. The van der Waals surface area contributed by atoms with Crippen LogP contribution in [-0.2, 0) is 14.8 Å². The number of benzene rings is 2. The molecule has 1 fully saturated rings. The quantitative estimate of drug-likeness (QED) is 0.611. The van der Waals surface area contributed by atoms with Gasteiger partial charge in [-0.1, -0.05) is 16.8 Å². The summed E-state index contributed by atoms with van der Waals surface area (Å²) >= 11 is 6.16. The van der Waals surface area contributed by atoms with Crippen LogP contribution in [0.25, 0.3) is 11.4 Å². The average Bonchev–Trinajstić information content (AvgIpc) is 3.39. The largest absolute Gasteiger partial charge is 0.337 e. The van der Waals surface area contributed by atoms with Crippen molar-refractivity contribution in [3.63, 3.8) is 0 Å². The normalized spacial score (nSPS) is 17.1. The molecule has 0 aliphatic carbocycles. The summed E-state index contributed by atoms with van der Waals surface area (Å²) in [6.45, 7) is 1.62. The topological polar surface area (TPSA) is 105 Å². The van der Waals surface area contributed by atoms with E-state index in [1.54, 1.807) is 0 Å². The fraction of sp³-hybridized carbons (Fsp3) is 0.250. The van der Waals surface area contributed by atoms with Crippen molar-refractivity contribution in [2.75, 3.05) is 11.9 Å². The van der Waals surface area contributed by atoms with Gasteiger partial charge in [0.25, 0.3) is 0 Å². The first-order chi connectivity index (χ1) is 14.8. The second-order valence-corrected chi connectivity index (χ2v) is 9.36. The third-order valence-corrected chi connectivity index (χ3v) is 7.11. The zero-order valence-electron chi connectivity index (χ0n) is 16.4. The van der Waals surface area contributed by atoms with Gasteiger partial charge in [-0.3, -0.25) is 4.79 Å². The van der Waals surface area contributed by atoms with Gasteiger partial charge in [-0.25, -0.2) is 12.8 Å². The number of carbonyl (C=O) groups excluding carboxylic acids is 1. The molecule has 4 rings (SSSR count). The van der Waals surface area contributed by atoms with Crippen molar-refractivity contribution in [1.29, 1.82) is 0 Å². The molecule has 1 aliphatic rings. The number of halogens is 2. The molecule has 31 heavy (non-hydrogen) atoms. The minimum Gasteiger partial charge on any atom is -0.337 e. The Labute approximate surface area is 183 Å². The molecule has 1 amide bonds. The smallest absolute Gasteiger partial charge is 0.245 e. The highest BCUT2D eigenvalue weighted by Crippen LogP contribution is 2.37. The molecular formula is C20H18ClFN4O4S. The van der Waals surface area contributed by atoms with Gasteiger partial charge in [0.15, 0.2) is 0 Å². The Morgan fingerprint density at radius 2 is 2.00 bits per heavy atom. The number of nitrogens with zero attached hydrogens (tertiary/aromatic N) is 3. The van der Waals surface area contributed by atoms with Crippen molar-refractivity contribution in [2.24, 2.45) is 0 Å². The van der Waals surface area contributed by atoms with Crippen LogP contribution < -0.4 is 5.32 Å². The summed E-state index contributed by atoms with van der Waals surface area (Å²) in [4.78, 5) is 15.6. The number of sulfonamides is 1. The van der Waals surface area contributed by atoms with E-state index in [0.717, 1.165) is 0 Å². The Morgan fingerprint density at radius 3 is 2.68 bits per heavy atom. The number of carbonyl (C=O) groups is 1. The zero-order chi connectivity index (χ0) is 22.2. The highest BCUT2D eigenvalue weighted by molar-refractivity contribution is 7.89. The van der Waals surface area contributed by atoms with Gasteiger partial charge < -0.3 is 9.84 Å². The maximum atomic E-state index is 13.3. The van der Waals surface area contributed by atoms with E-state index in [4.69, 9.17) is 16.1 Å². The van der Waals surface area contributed by atoms with E-state index in [1.807, 2.05) is 0 Å². The minimum atomic E-state index is -3.91. The molecule has 3 aromatic rings. The summed E-state index contributed by atoms with van der Waals surface area (Å²) in [6.07, 6.45) is 1.14. The molecule has 0 radical (unpaired) electrons. The second kappa shape index (κ2) is 8.37. The van der Waals surface area contributed by atoms with Gasteiger partial charge in [-0.2, -0.15) is 9.29 Å². The fourth-order valence-corrected chi connectivity index (χ4v) is 5.41. The van der Waals surface area contributed by atoms with Crippen molar-refractivity contribution in [3.05, 3.63) is 59.2 Å². The lowest BCUT2D eigenvalue weighted by atomic mass is 10.2. The van der Waals surface area contributed by atoms with E-state index in [-0.39, 0.29) is 39.9 Å². The molecule has 1 aromatic heterocycles. The Bertz CT molecular complexity index is 1230. The van der Waals surface area contributed by atoms with E-state index in [2.05, 4.69) is 15.5 Å². The molecule has 2 heterocycles. The van der Waals surface area contributed by atoms with Crippen LogP contribution in [-0.4, -0.2) is 35.3 Å². The molecule has 1 aliphatic heterocycles. The molecule has 1 atom stereocenters.